The molecule has 0 atom stereocenters. The molecule has 0 saturated heterocycles. The van der Waals surface area contributed by atoms with E-state index in [1.165, 1.54) is 0 Å². The van der Waals surface area contributed by atoms with Gasteiger partial charge in [0.1, 0.15) is 0 Å². The van der Waals surface area contributed by atoms with Crippen LogP contribution in [0.25, 0.3) is 0 Å². The summed E-state index contributed by atoms with van der Waals surface area (Å²) in [5.41, 5.74) is 6.85. The molecular weight excluding hydrogens is 326 g/mol. The fraction of sp³-hybridized carbons (Fsp3) is 0.222. The van der Waals surface area contributed by atoms with Gasteiger partial charge in [-0.2, -0.15) is 5.10 Å². The smallest absolute Gasteiger partial charge is 0.191 e. The summed E-state index contributed by atoms with van der Waals surface area (Å²) in [4.78, 5) is 0. The lowest BCUT2D eigenvalue weighted by Gasteiger charge is -2.12. The Kier molecular flexibility index (Phi) is 6.56. The summed E-state index contributed by atoms with van der Waals surface area (Å²) in [6.45, 7) is 4.08. The zero-order valence-electron chi connectivity index (χ0n) is 13.3. The molecule has 0 aromatic heterocycles. The highest BCUT2D eigenvalue weighted by atomic mass is 35.5. The number of nitrogens with zero attached hydrogens (tertiary/aromatic N) is 1. The summed E-state index contributed by atoms with van der Waals surface area (Å²) in [5, 5.41) is 8.74. The van der Waals surface area contributed by atoms with Crippen molar-refractivity contribution in [3.63, 3.8) is 0 Å². The van der Waals surface area contributed by atoms with Crippen molar-refractivity contribution in [2.75, 3.05) is 5.32 Å². The van der Waals surface area contributed by atoms with Gasteiger partial charge in [-0.3, -0.25) is 5.43 Å². The van der Waals surface area contributed by atoms with E-state index in [0.29, 0.717) is 10.1 Å². The lowest BCUT2D eigenvalue weighted by atomic mass is 10.1. The molecule has 5 heteroatoms. The lowest BCUT2D eigenvalue weighted by Crippen LogP contribution is -2.25. The van der Waals surface area contributed by atoms with Gasteiger partial charge in [-0.15, -0.1) is 0 Å². The van der Waals surface area contributed by atoms with Gasteiger partial charge >= 0.3 is 0 Å². The van der Waals surface area contributed by atoms with E-state index >= 15 is 0 Å². The average Bonchev–Trinajstić information content (AvgIpc) is 2.56. The maximum Gasteiger partial charge on any atom is 0.191 e. The SMILES string of the molecule is CCC/C(=N/NC(=S)Nc1cccc(Cl)c1C)c1ccccc1. The van der Waals surface area contributed by atoms with Gasteiger partial charge < -0.3 is 5.32 Å². The number of anilines is 1. The molecule has 0 aliphatic heterocycles. The minimum Gasteiger partial charge on any atom is -0.331 e. The first-order chi connectivity index (χ1) is 11.1. The number of nitrogens with one attached hydrogen (secondary N) is 2. The Bertz CT molecular complexity index is 699. The molecular formula is C18H20ClN3S. The monoisotopic (exact) mass is 345 g/mol. The summed E-state index contributed by atoms with van der Waals surface area (Å²) < 4.78 is 0. The van der Waals surface area contributed by atoms with Crippen LogP contribution in [0.3, 0.4) is 0 Å². The molecule has 0 unspecified atom stereocenters. The van der Waals surface area contributed by atoms with Crippen molar-refractivity contribution in [3.05, 3.63) is 64.7 Å². The predicted octanol–water partition coefficient (Wildman–Crippen LogP) is 5.14. The Hall–Kier alpha value is -1.91. The van der Waals surface area contributed by atoms with E-state index in [1.54, 1.807) is 0 Å². The van der Waals surface area contributed by atoms with E-state index in [-0.39, 0.29) is 0 Å². The third-order valence-electron chi connectivity index (χ3n) is 3.40. The van der Waals surface area contributed by atoms with Crippen LogP contribution < -0.4 is 10.7 Å². The molecule has 2 N–H and O–H groups in total. The van der Waals surface area contributed by atoms with Crippen LogP contribution in [0.4, 0.5) is 5.69 Å². The summed E-state index contributed by atoms with van der Waals surface area (Å²) in [5.74, 6) is 0. The van der Waals surface area contributed by atoms with Crippen LogP contribution in [0, 0.1) is 6.92 Å². The molecule has 0 aliphatic rings. The molecule has 0 bridgehead atoms. The Morgan fingerprint density at radius 3 is 2.57 bits per heavy atom. The van der Waals surface area contributed by atoms with Gasteiger partial charge in [0.2, 0.25) is 0 Å². The molecule has 2 aromatic rings. The van der Waals surface area contributed by atoms with Gasteiger partial charge in [0.25, 0.3) is 0 Å². The normalized spacial score (nSPS) is 11.2. The minimum absolute atomic E-state index is 0.444. The molecule has 2 rings (SSSR count). The van der Waals surface area contributed by atoms with Crippen LogP contribution in [0.15, 0.2) is 53.6 Å². The van der Waals surface area contributed by atoms with Gasteiger partial charge in [-0.05, 0) is 48.8 Å². The van der Waals surface area contributed by atoms with Crippen molar-refractivity contribution >= 4 is 40.3 Å². The van der Waals surface area contributed by atoms with E-state index in [1.807, 2.05) is 55.5 Å². The molecule has 0 radical (unpaired) electrons. The summed E-state index contributed by atoms with van der Waals surface area (Å²) in [6, 6.07) is 15.8. The molecule has 2 aromatic carbocycles. The average molecular weight is 346 g/mol. The quantitative estimate of drug-likeness (QED) is 0.447. The summed E-state index contributed by atoms with van der Waals surface area (Å²) >= 11 is 11.4. The highest BCUT2D eigenvalue weighted by Gasteiger charge is 2.05. The highest BCUT2D eigenvalue weighted by molar-refractivity contribution is 7.80. The molecule has 0 amide bonds. The van der Waals surface area contributed by atoms with Gasteiger partial charge in [0.05, 0.1) is 5.71 Å². The largest absolute Gasteiger partial charge is 0.331 e. The zero-order chi connectivity index (χ0) is 16.7. The maximum absolute atomic E-state index is 6.11. The standard InChI is InChI=1S/C18H20ClN3S/c1-3-8-17(14-9-5-4-6-10-14)21-22-18(23)20-16-12-7-11-15(19)13(16)2/h4-7,9-12H,3,8H2,1-2H3,(H2,20,22,23)/b21-17-. The first-order valence-corrected chi connectivity index (χ1v) is 8.34. The van der Waals surface area contributed by atoms with Gasteiger partial charge in [0, 0.05) is 10.7 Å². The van der Waals surface area contributed by atoms with Crippen molar-refractivity contribution in [1.82, 2.24) is 5.43 Å². The second-order valence-electron chi connectivity index (χ2n) is 5.15. The van der Waals surface area contributed by atoms with Crippen LogP contribution in [0.2, 0.25) is 5.02 Å². The Balaban J connectivity index is 2.07. The van der Waals surface area contributed by atoms with E-state index in [9.17, 15) is 0 Å². The van der Waals surface area contributed by atoms with Crippen LogP contribution in [0.1, 0.15) is 30.9 Å². The third-order valence-corrected chi connectivity index (χ3v) is 4.00. The number of halogens is 1. The topological polar surface area (TPSA) is 36.4 Å². The van der Waals surface area contributed by atoms with Crippen molar-refractivity contribution in [3.8, 4) is 0 Å². The second kappa shape index (κ2) is 8.65. The minimum atomic E-state index is 0.444. The Morgan fingerprint density at radius 2 is 1.87 bits per heavy atom. The number of rotatable bonds is 5. The first-order valence-electron chi connectivity index (χ1n) is 7.56. The van der Waals surface area contributed by atoms with E-state index in [0.717, 1.165) is 35.4 Å². The second-order valence-corrected chi connectivity index (χ2v) is 5.97. The predicted molar refractivity (Wildman–Crippen MR) is 103 cm³/mol. The van der Waals surface area contributed by atoms with Crippen LogP contribution >= 0.6 is 23.8 Å². The first kappa shape index (κ1) is 17.4. The molecule has 0 fully saturated rings. The van der Waals surface area contributed by atoms with Crippen LogP contribution in [0.5, 0.6) is 0 Å². The summed E-state index contributed by atoms with van der Waals surface area (Å²) in [6.07, 6.45) is 1.90. The molecule has 0 saturated carbocycles. The van der Waals surface area contributed by atoms with Crippen molar-refractivity contribution in [2.24, 2.45) is 5.10 Å². The molecule has 23 heavy (non-hydrogen) atoms. The Labute approximate surface area is 147 Å². The van der Waals surface area contributed by atoms with Gasteiger partial charge in [-0.25, -0.2) is 0 Å². The molecule has 0 aliphatic carbocycles. The van der Waals surface area contributed by atoms with Crippen LogP contribution in [-0.4, -0.2) is 10.8 Å². The van der Waals surface area contributed by atoms with E-state index < -0.39 is 0 Å². The van der Waals surface area contributed by atoms with E-state index in [4.69, 9.17) is 23.8 Å². The molecule has 3 nitrogen and oxygen atoms in total. The Morgan fingerprint density at radius 1 is 1.13 bits per heavy atom. The van der Waals surface area contributed by atoms with Gasteiger partial charge in [-0.1, -0.05) is 61.3 Å². The van der Waals surface area contributed by atoms with Crippen molar-refractivity contribution < 1.29 is 0 Å². The highest BCUT2D eigenvalue weighted by Crippen LogP contribution is 2.22. The molecule has 120 valence electrons. The zero-order valence-corrected chi connectivity index (χ0v) is 14.8. The summed E-state index contributed by atoms with van der Waals surface area (Å²) in [7, 11) is 0. The van der Waals surface area contributed by atoms with E-state index in [2.05, 4.69) is 22.8 Å². The van der Waals surface area contributed by atoms with Gasteiger partial charge in [0.15, 0.2) is 5.11 Å². The lowest BCUT2D eigenvalue weighted by molar-refractivity contribution is 0.954. The number of thiocarbonyl (C=S) groups is 1. The molecule has 0 heterocycles. The number of hydrogen-bond acceptors (Lipinski definition) is 2. The maximum atomic E-state index is 6.11. The third kappa shape index (κ3) is 5.05. The molecule has 0 spiro atoms. The number of hydrazone groups is 1. The number of hydrogen-bond donors (Lipinski definition) is 2. The fourth-order valence-corrected chi connectivity index (χ4v) is 2.47. The fourth-order valence-electron chi connectivity index (χ4n) is 2.14. The van der Waals surface area contributed by atoms with Crippen molar-refractivity contribution in [1.29, 1.82) is 0 Å². The van der Waals surface area contributed by atoms with Crippen molar-refractivity contribution in [2.45, 2.75) is 26.7 Å². The number of benzene rings is 2. The van der Waals surface area contributed by atoms with Crippen LogP contribution in [-0.2, 0) is 0 Å².